The highest BCUT2D eigenvalue weighted by molar-refractivity contribution is 6.67. The van der Waals surface area contributed by atoms with Crippen molar-refractivity contribution in [2.24, 2.45) is 0 Å². The summed E-state index contributed by atoms with van der Waals surface area (Å²) < 4.78 is 18.6. The monoisotopic (exact) mass is 398 g/mol. The second kappa shape index (κ2) is 10.2. The van der Waals surface area contributed by atoms with Crippen molar-refractivity contribution in [3.8, 4) is 0 Å². The molecule has 0 radical (unpaired) electrons. The summed E-state index contributed by atoms with van der Waals surface area (Å²) in [6.45, 7) is 11.5. The van der Waals surface area contributed by atoms with Gasteiger partial charge in [-0.3, -0.25) is 0 Å². The maximum absolute atomic E-state index is 11.5. The van der Waals surface area contributed by atoms with Crippen LogP contribution in [0.2, 0.25) is 25.7 Å². The maximum atomic E-state index is 11.5. The van der Waals surface area contributed by atoms with Gasteiger partial charge < -0.3 is 14.2 Å². The van der Waals surface area contributed by atoms with Crippen LogP contribution in [0.3, 0.4) is 0 Å². The number of esters is 1. The first kappa shape index (κ1) is 21.9. The molecule has 0 N–H and O–H groups in total. The number of hydrogen-bond acceptors (Lipinski definition) is 4. The molecule has 2 rings (SSSR count). The summed E-state index contributed by atoms with van der Waals surface area (Å²) in [7, 11) is -2.27. The predicted molar refractivity (Wildman–Crippen MR) is 112 cm³/mol. The number of rotatable bonds is 8. The molecule has 2 aliphatic heterocycles. The quantitative estimate of drug-likeness (QED) is 0.270. The van der Waals surface area contributed by atoms with Gasteiger partial charge in [-0.25, -0.2) is 4.79 Å². The summed E-state index contributed by atoms with van der Waals surface area (Å²) in [5.74, 6) is -0.230. The van der Waals surface area contributed by atoms with Crippen molar-refractivity contribution in [1.82, 2.24) is 0 Å². The number of ether oxygens (including phenoxy) is 3. The first-order valence-corrected chi connectivity index (χ1v) is 16.0. The lowest BCUT2D eigenvalue weighted by Crippen LogP contribution is -2.71. The molecule has 0 aromatic carbocycles. The smallest absolute Gasteiger partial charge is 0.330 e. The van der Waals surface area contributed by atoms with Crippen LogP contribution in [0, 0.1) is 0 Å². The number of hydrogen-bond donors (Lipinski definition) is 0. The Labute approximate surface area is 162 Å². The Balaban J connectivity index is 2.08. The molecule has 3 unspecified atom stereocenters. The molecular formula is C20H38O4Si2. The lowest BCUT2D eigenvalue weighted by Gasteiger charge is -2.58. The summed E-state index contributed by atoms with van der Waals surface area (Å²) in [4.78, 5) is 11.5. The molecule has 26 heavy (non-hydrogen) atoms. The van der Waals surface area contributed by atoms with Crippen molar-refractivity contribution in [3.05, 3.63) is 12.2 Å². The van der Waals surface area contributed by atoms with E-state index in [0.717, 1.165) is 25.7 Å². The fraction of sp³-hybridized carbons (Fsp3) is 0.850. The summed E-state index contributed by atoms with van der Waals surface area (Å²) >= 11 is 0. The molecule has 0 aliphatic carbocycles. The van der Waals surface area contributed by atoms with Gasteiger partial charge >= 0.3 is 5.97 Å². The molecule has 0 saturated carbocycles. The van der Waals surface area contributed by atoms with Crippen LogP contribution in [0.4, 0.5) is 0 Å². The standard InChI is InChI=1S/C20H38O4Si2/c1-5-11-18(21)22-14-10-17-26(4)20(13-7-9-16-24-20)19(25(2)3)12-6-8-15-23-19/h5,11,25-26H,6-10,12-17H2,1-4H3. The average Bonchev–Trinajstić information content (AvgIpc) is 2.66. The molecule has 2 heterocycles. The van der Waals surface area contributed by atoms with Gasteiger partial charge in [0.15, 0.2) is 0 Å². The van der Waals surface area contributed by atoms with Gasteiger partial charge in [0.1, 0.15) is 0 Å². The molecule has 2 fully saturated rings. The molecule has 150 valence electrons. The van der Waals surface area contributed by atoms with E-state index in [1.165, 1.54) is 44.6 Å². The van der Waals surface area contributed by atoms with Crippen LogP contribution in [0.1, 0.15) is 51.9 Å². The summed E-state index contributed by atoms with van der Waals surface area (Å²) in [5, 5.41) is -0.00166. The van der Waals surface area contributed by atoms with Gasteiger partial charge in [-0.15, -0.1) is 0 Å². The first-order chi connectivity index (χ1) is 12.5. The summed E-state index contributed by atoms with van der Waals surface area (Å²) in [6.07, 6.45) is 11.4. The molecule has 4 nitrogen and oxygen atoms in total. The fourth-order valence-corrected chi connectivity index (χ4v) is 12.7. The number of carbonyl (C=O) groups excluding carboxylic acids is 1. The molecular weight excluding hydrogens is 360 g/mol. The van der Waals surface area contributed by atoms with Crippen LogP contribution in [0.5, 0.6) is 0 Å². The minimum absolute atomic E-state index is 0.0128. The maximum Gasteiger partial charge on any atom is 0.330 e. The molecule has 2 aliphatic rings. The predicted octanol–water partition coefficient (Wildman–Crippen LogP) is 3.80. The van der Waals surface area contributed by atoms with Crippen LogP contribution in [0.15, 0.2) is 12.2 Å². The number of carbonyl (C=O) groups is 1. The highest BCUT2D eigenvalue weighted by atomic mass is 28.3. The van der Waals surface area contributed by atoms with Crippen molar-refractivity contribution >= 4 is 23.6 Å². The molecule has 0 amide bonds. The summed E-state index contributed by atoms with van der Waals surface area (Å²) in [5.41, 5.74) is 0. The molecule has 0 aromatic rings. The van der Waals surface area contributed by atoms with Gasteiger partial charge in [0.2, 0.25) is 0 Å². The average molecular weight is 399 g/mol. The van der Waals surface area contributed by atoms with Crippen molar-refractivity contribution in [2.75, 3.05) is 19.8 Å². The van der Waals surface area contributed by atoms with Gasteiger partial charge in [-0.2, -0.15) is 0 Å². The van der Waals surface area contributed by atoms with Crippen LogP contribution in [0.25, 0.3) is 0 Å². The van der Waals surface area contributed by atoms with Crippen molar-refractivity contribution in [3.63, 3.8) is 0 Å². The van der Waals surface area contributed by atoms with E-state index in [2.05, 4.69) is 19.6 Å². The van der Waals surface area contributed by atoms with Gasteiger partial charge in [0, 0.05) is 19.3 Å². The third-order valence-corrected chi connectivity index (χ3v) is 13.3. The Morgan fingerprint density at radius 2 is 1.65 bits per heavy atom. The lowest BCUT2D eigenvalue weighted by molar-refractivity contribution is -0.164. The molecule has 0 aromatic heterocycles. The van der Waals surface area contributed by atoms with E-state index in [1.807, 2.05) is 6.92 Å². The Bertz CT molecular complexity index is 466. The first-order valence-electron chi connectivity index (χ1n) is 10.6. The van der Waals surface area contributed by atoms with Crippen LogP contribution in [-0.4, -0.2) is 53.8 Å². The minimum atomic E-state index is -1.22. The molecule has 0 bridgehead atoms. The highest BCUT2D eigenvalue weighted by Crippen LogP contribution is 2.47. The van der Waals surface area contributed by atoms with Crippen LogP contribution >= 0.6 is 0 Å². The Morgan fingerprint density at radius 1 is 1.04 bits per heavy atom. The molecule has 3 atom stereocenters. The zero-order chi connectivity index (χ0) is 19.0. The zero-order valence-corrected chi connectivity index (χ0v) is 19.5. The van der Waals surface area contributed by atoms with E-state index >= 15 is 0 Å². The van der Waals surface area contributed by atoms with Crippen molar-refractivity contribution < 1.29 is 19.0 Å². The lowest BCUT2D eigenvalue weighted by atomic mass is 9.96. The Kier molecular flexibility index (Phi) is 8.58. The largest absolute Gasteiger partial charge is 0.463 e. The second-order valence-corrected chi connectivity index (χ2v) is 14.8. The molecule has 2 saturated heterocycles. The van der Waals surface area contributed by atoms with Crippen molar-refractivity contribution in [1.29, 1.82) is 0 Å². The topological polar surface area (TPSA) is 44.8 Å². The van der Waals surface area contributed by atoms with Gasteiger partial charge in [0.05, 0.1) is 34.6 Å². The Hall–Kier alpha value is -0.436. The minimum Gasteiger partial charge on any atom is -0.463 e. The van der Waals surface area contributed by atoms with E-state index in [0.29, 0.717) is 6.61 Å². The van der Waals surface area contributed by atoms with Gasteiger partial charge in [-0.05, 0) is 51.9 Å². The SMILES string of the molecule is CC=CC(=O)OCCC[SiH](C)C1(C2([SiH](C)C)CCCCO2)CCCCO1. The van der Waals surface area contributed by atoms with Gasteiger partial charge in [-0.1, -0.05) is 31.8 Å². The molecule has 0 spiro atoms. The number of allylic oxidation sites excluding steroid dienone is 1. The van der Waals surface area contributed by atoms with Crippen LogP contribution in [-0.2, 0) is 19.0 Å². The van der Waals surface area contributed by atoms with E-state index in [4.69, 9.17) is 14.2 Å². The fourth-order valence-electron chi connectivity index (χ4n) is 5.03. The third kappa shape index (κ3) is 4.69. The third-order valence-electron chi connectivity index (χ3n) is 6.38. The van der Waals surface area contributed by atoms with E-state index in [-0.39, 0.29) is 16.4 Å². The zero-order valence-electron chi connectivity index (χ0n) is 17.2. The van der Waals surface area contributed by atoms with Crippen molar-refractivity contribution in [2.45, 2.75) is 88.0 Å². The normalized spacial score (nSPS) is 31.3. The second-order valence-electron chi connectivity index (χ2n) is 8.26. The summed E-state index contributed by atoms with van der Waals surface area (Å²) in [6, 6.07) is 1.15. The highest BCUT2D eigenvalue weighted by Gasteiger charge is 2.58. The molecule has 6 heteroatoms. The Morgan fingerprint density at radius 3 is 2.15 bits per heavy atom. The van der Waals surface area contributed by atoms with Crippen LogP contribution < -0.4 is 0 Å². The van der Waals surface area contributed by atoms with Gasteiger partial charge in [0.25, 0.3) is 0 Å². The van der Waals surface area contributed by atoms with E-state index < -0.39 is 17.6 Å². The van der Waals surface area contributed by atoms with E-state index in [9.17, 15) is 4.79 Å². The van der Waals surface area contributed by atoms with E-state index in [1.54, 1.807) is 6.08 Å².